The van der Waals surface area contributed by atoms with Crippen molar-refractivity contribution >= 4 is 33.8 Å². The Morgan fingerprint density at radius 3 is 2.73 bits per heavy atom. The molecule has 1 aromatic carbocycles. The van der Waals surface area contributed by atoms with Crippen LogP contribution in [0.4, 0.5) is 0 Å². The molecule has 0 amide bonds. The molecule has 0 saturated carbocycles. The molecule has 0 heterocycles. The second-order valence-electron chi connectivity index (χ2n) is 2.22. The SMILES string of the molecule is Cc1ccc(C=O)c(Br)c1Cl. The quantitative estimate of drug-likeness (QED) is 0.681. The van der Waals surface area contributed by atoms with Gasteiger partial charge in [0, 0.05) is 10.0 Å². The van der Waals surface area contributed by atoms with Crippen LogP contribution in [0.3, 0.4) is 0 Å². The van der Waals surface area contributed by atoms with Gasteiger partial charge < -0.3 is 0 Å². The van der Waals surface area contributed by atoms with Crippen LogP contribution in [0.25, 0.3) is 0 Å². The molecule has 0 bridgehead atoms. The lowest BCUT2D eigenvalue weighted by molar-refractivity contribution is 0.112. The minimum atomic E-state index is 0.584. The second-order valence-corrected chi connectivity index (χ2v) is 3.39. The van der Waals surface area contributed by atoms with Gasteiger partial charge in [-0.25, -0.2) is 0 Å². The lowest BCUT2D eigenvalue weighted by Crippen LogP contribution is -1.85. The van der Waals surface area contributed by atoms with Crippen LogP contribution in [-0.2, 0) is 0 Å². The fourth-order valence-corrected chi connectivity index (χ4v) is 1.46. The molecule has 0 unspecified atom stereocenters. The predicted octanol–water partition coefficient (Wildman–Crippen LogP) is 3.22. The molecule has 0 aliphatic heterocycles. The topological polar surface area (TPSA) is 17.1 Å². The maximum Gasteiger partial charge on any atom is 0.151 e. The summed E-state index contributed by atoms with van der Waals surface area (Å²) in [5.41, 5.74) is 1.55. The first kappa shape index (κ1) is 8.75. The average molecular weight is 233 g/mol. The molecule has 3 heteroatoms. The largest absolute Gasteiger partial charge is 0.298 e. The van der Waals surface area contributed by atoms with Crippen LogP contribution < -0.4 is 0 Å². The third-order valence-corrected chi connectivity index (χ3v) is 3.00. The molecule has 0 fully saturated rings. The fourth-order valence-electron chi connectivity index (χ4n) is 0.752. The highest BCUT2D eigenvalue weighted by Gasteiger charge is 2.04. The Morgan fingerprint density at radius 2 is 2.18 bits per heavy atom. The highest BCUT2D eigenvalue weighted by Crippen LogP contribution is 2.28. The van der Waals surface area contributed by atoms with Crippen LogP contribution in [-0.4, -0.2) is 6.29 Å². The Kier molecular flexibility index (Phi) is 2.68. The van der Waals surface area contributed by atoms with E-state index in [1.807, 2.05) is 13.0 Å². The Morgan fingerprint density at radius 1 is 1.55 bits per heavy atom. The van der Waals surface area contributed by atoms with Gasteiger partial charge in [0.2, 0.25) is 0 Å². The number of carbonyl (C=O) groups excluding carboxylic acids is 1. The van der Waals surface area contributed by atoms with Crippen molar-refractivity contribution in [3.63, 3.8) is 0 Å². The van der Waals surface area contributed by atoms with Crippen molar-refractivity contribution in [3.8, 4) is 0 Å². The van der Waals surface area contributed by atoms with E-state index in [1.54, 1.807) is 6.07 Å². The number of hydrogen-bond donors (Lipinski definition) is 0. The van der Waals surface area contributed by atoms with E-state index in [-0.39, 0.29) is 0 Å². The van der Waals surface area contributed by atoms with Crippen molar-refractivity contribution in [1.82, 2.24) is 0 Å². The number of hydrogen-bond acceptors (Lipinski definition) is 1. The fraction of sp³-hybridized carbons (Fsp3) is 0.125. The van der Waals surface area contributed by atoms with Crippen molar-refractivity contribution in [2.75, 3.05) is 0 Å². The molecule has 1 aromatic rings. The number of carbonyl (C=O) groups is 1. The lowest BCUT2D eigenvalue weighted by Gasteiger charge is -2.01. The standard InChI is InChI=1S/C8H6BrClO/c1-5-2-3-6(4-11)7(9)8(5)10/h2-4H,1H3. The summed E-state index contributed by atoms with van der Waals surface area (Å²) >= 11 is 9.08. The minimum Gasteiger partial charge on any atom is -0.298 e. The number of halogens is 2. The van der Waals surface area contributed by atoms with E-state index in [0.717, 1.165) is 11.8 Å². The highest BCUT2D eigenvalue weighted by molar-refractivity contribution is 9.10. The third kappa shape index (κ3) is 1.63. The Balaban J connectivity index is 3.36. The number of benzene rings is 1. The normalized spacial score (nSPS) is 9.73. The van der Waals surface area contributed by atoms with Gasteiger partial charge in [-0.05, 0) is 28.4 Å². The number of rotatable bonds is 1. The van der Waals surface area contributed by atoms with Crippen molar-refractivity contribution in [1.29, 1.82) is 0 Å². The Hall–Kier alpha value is -0.340. The van der Waals surface area contributed by atoms with E-state index in [1.165, 1.54) is 0 Å². The molecule has 0 atom stereocenters. The second kappa shape index (κ2) is 3.37. The van der Waals surface area contributed by atoms with Gasteiger partial charge in [0.25, 0.3) is 0 Å². The molecule has 0 radical (unpaired) electrons. The van der Waals surface area contributed by atoms with Gasteiger partial charge in [0.1, 0.15) is 0 Å². The maximum atomic E-state index is 10.4. The van der Waals surface area contributed by atoms with Crippen molar-refractivity contribution in [2.24, 2.45) is 0 Å². The van der Waals surface area contributed by atoms with Crippen LogP contribution in [0.15, 0.2) is 16.6 Å². The summed E-state index contributed by atoms with van der Waals surface area (Å²) in [5.74, 6) is 0. The van der Waals surface area contributed by atoms with Crippen molar-refractivity contribution < 1.29 is 4.79 Å². The van der Waals surface area contributed by atoms with Crippen molar-refractivity contribution in [2.45, 2.75) is 6.92 Å². The molecule has 0 saturated heterocycles. The van der Waals surface area contributed by atoms with Gasteiger partial charge in [-0.3, -0.25) is 4.79 Å². The monoisotopic (exact) mass is 232 g/mol. The summed E-state index contributed by atoms with van der Waals surface area (Å²) in [5, 5.41) is 0.606. The van der Waals surface area contributed by atoms with Gasteiger partial charge in [0.15, 0.2) is 6.29 Å². The summed E-state index contributed by atoms with van der Waals surface area (Å²) in [7, 11) is 0. The van der Waals surface area contributed by atoms with Gasteiger partial charge in [0.05, 0.1) is 5.02 Å². The third-order valence-electron chi connectivity index (χ3n) is 1.43. The summed E-state index contributed by atoms with van der Waals surface area (Å²) in [6.07, 6.45) is 0.773. The number of aryl methyl sites for hydroxylation is 1. The van der Waals surface area contributed by atoms with Crippen LogP contribution in [0.1, 0.15) is 15.9 Å². The van der Waals surface area contributed by atoms with Gasteiger partial charge in [-0.15, -0.1) is 0 Å². The molecule has 0 N–H and O–H groups in total. The van der Waals surface area contributed by atoms with E-state index in [0.29, 0.717) is 15.1 Å². The average Bonchev–Trinajstić information content (AvgIpc) is 2.01. The molecule has 0 aliphatic rings. The Bertz CT molecular complexity index is 296. The first-order chi connectivity index (χ1) is 5.16. The van der Waals surface area contributed by atoms with E-state index in [9.17, 15) is 4.79 Å². The molecule has 11 heavy (non-hydrogen) atoms. The molecule has 0 aliphatic carbocycles. The molecular weight excluding hydrogens is 227 g/mol. The zero-order chi connectivity index (χ0) is 8.43. The molecule has 1 rings (SSSR count). The summed E-state index contributed by atoms with van der Waals surface area (Å²) in [6, 6.07) is 3.55. The van der Waals surface area contributed by atoms with Crippen LogP contribution >= 0.6 is 27.5 Å². The first-order valence-electron chi connectivity index (χ1n) is 3.06. The number of aldehydes is 1. The molecule has 0 spiro atoms. The van der Waals surface area contributed by atoms with Crippen LogP contribution in [0, 0.1) is 6.92 Å². The molecule has 1 nitrogen and oxygen atoms in total. The van der Waals surface area contributed by atoms with Gasteiger partial charge in [-0.1, -0.05) is 23.7 Å². The molecule has 58 valence electrons. The minimum absolute atomic E-state index is 0.584. The summed E-state index contributed by atoms with van der Waals surface area (Å²) < 4.78 is 0.675. The molecule has 0 aromatic heterocycles. The summed E-state index contributed by atoms with van der Waals surface area (Å²) in [4.78, 5) is 10.4. The zero-order valence-corrected chi connectivity index (χ0v) is 8.24. The predicted molar refractivity (Wildman–Crippen MR) is 49.3 cm³/mol. The zero-order valence-electron chi connectivity index (χ0n) is 5.90. The smallest absolute Gasteiger partial charge is 0.151 e. The van der Waals surface area contributed by atoms with Crippen LogP contribution in [0.5, 0.6) is 0 Å². The maximum absolute atomic E-state index is 10.4. The van der Waals surface area contributed by atoms with E-state index in [4.69, 9.17) is 11.6 Å². The van der Waals surface area contributed by atoms with Gasteiger partial charge >= 0.3 is 0 Å². The van der Waals surface area contributed by atoms with E-state index in [2.05, 4.69) is 15.9 Å². The van der Waals surface area contributed by atoms with E-state index >= 15 is 0 Å². The Labute approximate surface area is 78.5 Å². The lowest BCUT2D eigenvalue weighted by atomic mass is 10.2. The highest BCUT2D eigenvalue weighted by atomic mass is 79.9. The van der Waals surface area contributed by atoms with Crippen molar-refractivity contribution in [3.05, 3.63) is 32.8 Å². The van der Waals surface area contributed by atoms with Crippen LogP contribution in [0.2, 0.25) is 5.02 Å². The van der Waals surface area contributed by atoms with E-state index < -0.39 is 0 Å². The molecular formula is C8H6BrClO. The first-order valence-corrected chi connectivity index (χ1v) is 4.23. The van der Waals surface area contributed by atoms with Gasteiger partial charge in [-0.2, -0.15) is 0 Å². The summed E-state index contributed by atoms with van der Waals surface area (Å²) in [6.45, 7) is 1.89.